The van der Waals surface area contributed by atoms with Gasteiger partial charge >= 0.3 is 0 Å². The van der Waals surface area contributed by atoms with Gasteiger partial charge in [0.05, 0.1) is 0 Å². The maximum atomic E-state index is 6.14. The average molecular weight is 241 g/mol. The molecular formula is C14H31N3. The zero-order chi connectivity index (χ0) is 12.7. The molecule has 0 radical (unpaired) electrons. The van der Waals surface area contributed by atoms with Gasteiger partial charge in [0, 0.05) is 31.7 Å². The van der Waals surface area contributed by atoms with Crippen molar-refractivity contribution in [3.63, 3.8) is 0 Å². The summed E-state index contributed by atoms with van der Waals surface area (Å²) in [6.45, 7) is 10.2. The van der Waals surface area contributed by atoms with Crippen LogP contribution in [-0.4, -0.2) is 55.1 Å². The summed E-state index contributed by atoms with van der Waals surface area (Å²) in [4.78, 5) is 5.13. The minimum absolute atomic E-state index is 0.272. The van der Waals surface area contributed by atoms with Crippen LogP contribution < -0.4 is 5.73 Å². The first-order valence-electron chi connectivity index (χ1n) is 7.32. The van der Waals surface area contributed by atoms with E-state index in [1.807, 2.05) is 0 Å². The molecule has 0 aromatic rings. The summed E-state index contributed by atoms with van der Waals surface area (Å²) >= 11 is 0. The number of nitrogens with two attached hydrogens (primary N) is 1. The van der Waals surface area contributed by atoms with Gasteiger partial charge in [0.1, 0.15) is 0 Å². The summed E-state index contributed by atoms with van der Waals surface area (Å²) in [7, 11) is 2.23. The summed E-state index contributed by atoms with van der Waals surface area (Å²) in [6.07, 6.45) is 6.26. The van der Waals surface area contributed by atoms with Crippen LogP contribution in [0.4, 0.5) is 0 Å². The molecule has 0 unspecified atom stereocenters. The van der Waals surface area contributed by atoms with Crippen LogP contribution in [0.15, 0.2) is 0 Å². The van der Waals surface area contributed by atoms with Crippen LogP contribution in [0.2, 0.25) is 0 Å². The standard InChI is InChI=1S/C14H31N3/c1-4-7-14(13-15,8-5-2)17-10-6-9-16(3)11-12-17/h4-13,15H2,1-3H3. The molecule has 1 aliphatic heterocycles. The van der Waals surface area contributed by atoms with Crippen molar-refractivity contribution in [1.82, 2.24) is 9.80 Å². The molecule has 0 aliphatic carbocycles. The molecule has 1 fully saturated rings. The van der Waals surface area contributed by atoms with Gasteiger partial charge in [-0.3, -0.25) is 4.90 Å². The van der Waals surface area contributed by atoms with Gasteiger partial charge in [-0.2, -0.15) is 0 Å². The third kappa shape index (κ3) is 3.94. The second-order valence-electron chi connectivity index (χ2n) is 5.57. The quantitative estimate of drug-likeness (QED) is 0.771. The van der Waals surface area contributed by atoms with Gasteiger partial charge in [-0.25, -0.2) is 0 Å². The molecule has 0 amide bonds. The van der Waals surface area contributed by atoms with E-state index in [4.69, 9.17) is 5.73 Å². The SMILES string of the molecule is CCCC(CN)(CCC)N1CCCN(C)CC1. The molecular weight excluding hydrogens is 210 g/mol. The maximum Gasteiger partial charge on any atom is 0.0332 e. The largest absolute Gasteiger partial charge is 0.329 e. The Hall–Kier alpha value is -0.120. The third-order valence-electron chi connectivity index (χ3n) is 4.20. The molecule has 0 spiro atoms. The molecule has 2 N–H and O–H groups in total. The summed E-state index contributed by atoms with van der Waals surface area (Å²) in [6, 6.07) is 0. The van der Waals surface area contributed by atoms with Crippen molar-refractivity contribution in [3.05, 3.63) is 0 Å². The lowest BCUT2D eigenvalue weighted by molar-refractivity contribution is 0.0787. The van der Waals surface area contributed by atoms with Crippen LogP contribution in [-0.2, 0) is 0 Å². The van der Waals surface area contributed by atoms with Crippen LogP contribution in [0.5, 0.6) is 0 Å². The van der Waals surface area contributed by atoms with Crippen molar-refractivity contribution < 1.29 is 0 Å². The smallest absolute Gasteiger partial charge is 0.0332 e. The monoisotopic (exact) mass is 241 g/mol. The number of nitrogens with zero attached hydrogens (tertiary/aromatic N) is 2. The van der Waals surface area contributed by atoms with E-state index >= 15 is 0 Å². The minimum Gasteiger partial charge on any atom is -0.329 e. The van der Waals surface area contributed by atoms with Gasteiger partial charge in [0.15, 0.2) is 0 Å². The number of likely N-dealkylation sites (N-methyl/N-ethyl adjacent to an activating group) is 1. The van der Waals surface area contributed by atoms with Gasteiger partial charge < -0.3 is 10.6 Å². The Morgan fingerprint density at radius 3 is 2.18 bits per heavy atom. The first-order valence-corrected chi connectivity index (χ1v) is 7.32. The van der Waals surface area contributed by atoms with Crippen molar-refractivity contribution in [2.45, 2.75) is 51.5 Å². The van der Waals surface area contributed by atoms with Crippen molar-refractivity contribution in [2.75, 3.05) is 39.8 Å². The van der Waals surface area contributed by atoms with Crippen molar-refractivity contribution in [3.8, 4) is 0 Å². The summed E-state index contributed by atoms with van der Waals surface area (Å²) in [5.74, 6) is 0. The van der Waals surface area contributed by atoms with Crippen molar-refractivity contribution in [1.29, 1.82) is 0 Å². The second kappa shape index (κ2) is 7.34. The molecule has 3 heteroatoms. The van der Waals surface area contributed by atoms with Crippen LogP contribution in [0, 0.1) is 0 Å². The normalized spacial score (nSPS) is 20.5. The molecule has 1 heterocycles. The lowest BCUT2D eigenvalue weighted by Gasteiger charge is -2.43. The number of rotatable bonds is 6. The number of hydrogen-bond acceptors (Lipinski definition) is 3. The van der Waals surface area contributed by atoms with E-state index in [1.165, 1.54) is 58.3 Å². The highest BCUT2D eigenvalue weighted by molar-refractivity contribution is 4.92. The van der Waals surface area contributed by atoms with Crippen LogP contribution >= 0.6 is 0 Å². The average Bonchev–Trinajstić information content (AvgIpc) is 2.54. The van der Waals surface area contributed by atoms with Crippen LogP contribution in [0.3, 0.4) is 0 Å². The first kappa shape index (κ1) is 14.9. The number of hydrogen-bond donors (Lipinski definition) is 1. The van der Waals surface area contributed by atoms with Gasteiger partial charge in [-0.1, -0.05) is 26.7 Å². The molecule has 17 heavy (non-hydrogen) atoms. The summed E-state index contributed by atoms with van der Waals surface area (Å²) in [5.41, 5.74) is 6.41. The van der Waals surface area contributed by atoms with E-state index in [-0.39, 0.29) is 5.54 Å². The predicted octanol–water partition coefficient (Wildman–Crippen LogP) is 1.92. The van der Waals surface area contributed by atoms with Crippen LogP contribution in [0.1, 0.15) is 46.0 Å². The molecule has 1 aliphatic rings. The second-order valence-corrected chi connectivity index (χ2v) is 5.57. The van der Waals surface area contributed by atoms with Gasteiger partial charge in [-0.05, 0) is 32.9 Å². The topological polar surface area (TPSA) is 32.5 Å². The van der Waals surface area contributed by atoms with Crippen molar-refractivity contribution >= 4 is 0 Å². The van der Waals surface area contributed by atoms with E-state index in [2.05, 4.69) is 30.7 Å². The van der Waals surface area contributed by atoms with Gasteiger partial charge in [0.25, 0.3) is 0 Å². The zero-order valence-electron chi connectivity index (χ0n) is 12.0. The lowest BCUT2D eigenvalue weighted by Crippen LogP contribution is -2.54. The highest BCUT2D eigenvalue weighted by Gasteiger charge is 2.34. The van der Waals surface area contributed by atoms with E-state index in [1.54, 1.807) is 0 Å². The molecule has 0 bridgehead atoms. The highest BCUT2D eigenvalue weighted by atomic mass is 15.3. The van der Waals surface area contributed by atoms with E-state index in [0.29, 0.717) is 0 Å². The molecule has 0 atom stereocenters. The Labute approximate surface area is 107 Å². The molecule has 0 aromatic heterocycles. The molecule has 1 saturated heterocycles. The highest BCUT2D eigenvalue weighted by Crippen LogP contribution is 2.27. The summed E-state index contributed by atoms with van der Waals surface area (Å²) < 4.78 is 0. The van der Waals surface area contributed by atoms with Gasteiger partial charge in [0.2, 0.25) is 0 Å². The minimum atomic E-state index is 0.272. The Morgan fingerprint density at radius 1 is 1.00 bits per heavy atom. The fraction of sp³-hybridized carbons (Fsp3) is 1.00. The van der Waals surface area contributed by atoms with Crippen LogP contribution in [0.25, 0.3) is 0 Å². The Bertz CT molecular complexity index is 200. The van der Waals surface area contributed by atoms with E-state index in [9.17, 15) is 0 Å². The molecule has 102 valence electrons. The Kier molecular flexibility index (Phi) is 6.45. The fourth-order valence-corrected chi connectivity index (χ4v) is 3.23. The van der Waals surface area contributed by atoms with E-state index < -0.39 is 0 Å². The first-order chi connectivity index (χ1) is 8.18. The molecule has 0 saturated carbocycles. The van der Waals surface area contributed by atoms with Crippen molar-refractivity contribution in [2.24, 2.45) is 5.73 Å². The molecule has 3 nitrogen and oxygen atoms in total. The zero-order valence-corrected chi connectivity index (χ0v) is 12.0. The molecule has 1 rings (SSSR count). The van der Waals surface area contributed by atoms with E-state index in [0.717, 1.165) is 6.54 Å². The third-order valence-corrected chi connectivity index (χ3v) is 4.20. The Balaban J connectivity index is 2.72. The fourth-order valence-electron chi connectivity index (χ4n) is 3.23. The maximum absolute atomic E-state index is 6.14. The lowest BCUT2D eigenvalue weighted by atomic mass is 9.86. The van der Waals surface area contributed by atoms with Gasteiger partial charge in [-0.15, -0.1) is 0 Å². The summed E-state index contributed by atoms with van der Waals surface area (Å²) in [5, 5.41) is 0. The Morgan fingerprint density at radius 2 is 1.65 bits per heavy atom. The predicted molar refractivity (Wildman–Crippen MR) is 75.3 cm³/mol. The molecule has 0 aromatic carbocycles.